The maximum absolute atomic E-state index is 12.9. The molecule has 0 saturated heterocycles. The maximum atomic E-state index is 12.9. The zero-order valence-corrected chi connectivity index (χ0v) is 49.8. The van der Waals surface area contributed by atoms with E-state index in [0.29, 0.717) is 19.3 Å². The molecular weight excluding hydrogens is 925 g/mol. The van der Waals surface area contributed by atoms with Gasteiger partial charge >= 0.3 is 17.9 Å². The van der Waals surface area contributed by atoms with Crippen LogP contribution in [-0.2, 0) is 28.6 Å². The Hall–Kier alpha value is -3.15. The summed E-state index contributed by atoms with van der Waals surface area (Å²) < 4.78 is 16.9. The van der Waals surface area contributed by atoms with E-state index in [2.05, 4.69) is 93.7 Å². The first kappa shape index (κ1) is 71.8. The van der Waals surface area contributed by atoms with Gasteiger partial charge < -0.3 is 14.2 Å². The summed E-state index contributed by atoms with van der Waals surface area (Å²) in [5, 5.41) is 0. The minimum absolute atomic E-state index is 0.0809. The van der Waals surface area contributed by atoms with Crippen LogP contribution in [0.1, 0.15) is 329 Å². The van der Waals surface area contributed by atoms with E-state index in [9.17, 15) is 14.4 Å². The van der Waals surface area contributed by atoms with Gasteiger partial charge in [-0.1, -0.05) is 273 Å². The van der Waals surface area contributed by atoms with Crippen molar-refractivity contribution in [3.05, 3.63) is 72.9 Å². The second-order valence-electron chi connectivity index (χ2n) is 21.6. The van der Waals surface area contributed by atoms with Crippen molar-refractivity contribution in [1.29, 1.82) is 0 Å². The molecule has 1 unspecified atom stereocenters. The Bertz CT molecular complexity index is 1390. The molecule has 0 bridgehead atoms. The van der Waals surface area contributed by atoms with Crippen LogP contribution in [0.2, 0.25) is 0 Å². The molecule has 0 rings (SSSR count). The molecule has 0 fully saturated rings. The molecule has 0 aromatic heterocycles. The Morgan fingerprint density at radius 1 is 0.280 bits per heavy atom. The molecule has 0 aliphatic rings. The molecule has 0 aromatic carbocycles. The minimum Gasteiger partial charge on any atom is -0.462 e. The Balaban J connectivity index is 4.35. The maximum Gasteiger partial charge on any atom is 0.306 e. The number of ether oxygens (including phenoxy) is 3. The van der Waals surface area contributed by atoms with Gasteiger partial charge in [-0.25, -0.2) is 0 Å². The zero-order chi connectivity index (χ0) is 54.3. The van der Waals surface area contributed by atoms with Crippen molar-refractivity contribution in [3.63, 3.8) is 0 Å². The van der Waals surface area contributed by atoms with Gasteiger partial charge in [0.25, 0.3) is 0 Å². The number of allylic oxidation sites excluding steroid dienone is 12. The fraction of sp³-hybridized carbons (Fsp3) is 0.783. The third kappa shape index (κ3) is 61.6. The molecule has 0 saturated carbocycles. The van der Waals surface area contributed by atoms with Crippen molar-refractivity contribution in [3.8, 4) is 0 Å². The second-order valence-corrected chi connectivity index (χ2v) is 21.6. The van der Waals surface area contributed by atoms with Gasteiger partial charge in [0.1, 0.15) is 13.2 Å². The first-order chi connectivity index (χ1) is 37.0. The molecule has 0 radical (unpaired) electrons. The van der Waals surface area contributed by atoms with Gasteiger partial charge in [-0.05, 0) is 109 Å². The Kier molecular flexibility index (Phi) is 60.7. The second kappa shape index (κ2) is 63.4. The summed E-state index contributed by atoms with van der Waals surface area (Å²) in [4.78, 5) is 38.3. The molecule has 0 aromatic rings. The van der Waals surface area contributed by atoms with E-state index in [4.69, 9.17) is 14.2 Å². The van der Waals surface area contributed by atoms with E-state index >= 15 is 0 Å². The lowest BCUT2D eigenvalue weighted by Gasteiger charge is -2.18. The molecule has 1 atom stereocenters. The molecule has 0 aliphatic heterocycles. The number of esters is 3. The van der Waals surface area contributed by atoms with Gasteiger partial charge in [0.05, 0.1) is 0 Å². The summed E-state index contributed by atoms with van der Waals surface area (Å²) in [6.07, 6.45) is 81.9. The van der Waals surface area contributed by atoms with Crippen molar-refractivity contribution in [2.24, 2.45) is 0 Å². The molecule has 75 heavy (non-hydrogen) atoms. The quantitative estimate of drug-likeness (QED) is 0.0261. The first-order valence-corrected chi connectivity index (χ1v) is 32.4. The molecule has 6 nitrogen and oxygen atoms in total. The summed E-state index contributed by atoms with van der Waals surface area (Å²) in [5.74, 6) is -0.885. The Labute approximate surface area is 465 Å². The van der Waals surface area contributed by atoms with Crippen LogP contribution in [0, 0.1) is 0 Å². The molecule has 434 valence electrons. The van der Waals surface area contributed by atoms with Crippen molar-refractivity contribution in [1.82, 2.24) is 0 Å². The van der Waals surface area contributed by atoms with Crippen LogP contribution in [0.5, 0.6) is 0 Å². The lowest BCUT2D eigenvalue weighted by Crippen LogP contribution is -2.30. The van der Waals surface area contributed by atoms with Crippen molar-refractivity contribution >= 4 is 17.9 Å². The van der Waals surface area contributed by atoms with Crippen molar-refractivity contribution in [2.45, 2.75) is 335 Å². The lowest BCUT2D eigenvalue weighted by atomic mass is 10.0. The van der Waals surface area contributed by atoms with Gasteiger partial charge in [-0.15, -0.1) is 0 Å². The normalized spacial score (nSPS) is 12.5. The number of unbranched alkanes of at least 4 members (excludes halogenated alkanes) is 36. The smallest absolute Gasteiger partial charge is 0.306 e. The third-order valence-corrected chi connectivity index (χ3v) is 14.2. The molecule has 0 N–H and O–H groups in total. The highest BCUT2D eigenvalue weighted by Crippen LogP contribution is 2.16. The van der Waals surface area contributed by atoms with Crippen LogP contribution in [0.25, 0.3) is 0 Å². The average Bonchev–Trinajstić information content (AvgIpc) is 3.41. The fourth-order valence-electron chi connectivity index (χ4n) is 9.31. The van der Waals surface area contributed by atoms with E-state index in [-0.39, 0.29) is 31.1 Å². The molecular formula is C69H122O6. The predicted octanol–water partition coefficient (Wildman–Crippen LogP) is 22.1. The summed E-state index contributed by atoms with van der Waals surface area (Å²) in [7, 11) is 0. The molecule has 0 heterocycles. The van der Waals surface area contributed by atoms with E-state index in [1.165, 1.54) is 193 Å². The highest BCUT2D eigenvalue weighted by molar-refractivity contribution is 5.71. The van der Waals surface area contributed by atoms with Crippen LogP contribution in [0.15, 0.2) is 72.9 Å². The van der Waals surface area contributed by atoms with Gasteiger partial charge in [-0.2, -0.15) is 0 Å². The van der Waals surface area contributed by atoms with E-state index in [0.717, 1.165) is 96.3 Å². The molecule has 0 spiro atoms. The first-order valence-electron chi connectivity index (χ1n) is 32.4. The molecule has 0 amide bonds. The predicted molar refractivity (Wildman–Crippen MR) is 325 cm³/mol. The number of carbonyl (C=O) groups excluding carboxylic acids is 3. The monoisotopic (exact) mass is 1050 g/mol. The minimum atomic E-state index is -0.786. The topological polar surface area (TPSA) is 78.9 Å². The summed E-state index contributed by atoms with van der Waals surface area (Å²) >= 11 is 0. The van der Waals surface area contributed by atoms with Crippen molar-refractivity contribution in [2.75, 3.05) is 13.2 Å². The summed E-state index contributed by atoms with van der Waals surface area (Å²) in [5.41, 5.74) is 0. The standard InChI is InChI=1S/C69H122O6/c1-4-7-10-13-16-19-22-25-28-31-32-33-34-35-36-39-41-44-47-50-53-56-59-62-68(71)74-65-66(75-69(72)63-60-57-54-51-48-45-42-38-30-27-24-21-18-15-12-9-6-3)64-73-67(70)61-58-55-52-49-46-43-40-37-29-26-23-20-17-14-11-8-5-2/h9,12,17-18,20-21,26-27,29-32,66H,4-8,10-11,13-16,19,22-25,28,33-65H2,1-3H3/b12-9-,20-17-,21-18-,29-26-,30-27-,32-31-. The summed E-state index contributed by atoms with van der Waals surface area (Å²) in [6, 6.07) is 0. The summed E-state index contributed by atoms with van der Waals surface area (Å²) in [6.45, 7) is 6.53. The largest absolute Gasteiger partial charge is 0.462 e. The van der Waals surface area contributed by atoms with Crippen LogP contribution >= 0.6 is 0 Å². The van der Waals surface area contributed by atoms with Crippen LogP contribution in [-0.4, -0.2) is 37.2 Å². The van der Waals surface area contributed by atoms with Gasteiger partial charge in [0.2, 0.25) is 0 Å². The Morgan fingerprint density at radius 2 is 0.520 bits per heavy atom. The SMILES string of the molecule is CC/C=C\C/C=C\C/C=C\CCCCCCCCCC(=O)OC(COC(=O)CCCCCCCCC/C=C\C/C=C\CCCCC)COC(=O)CCCCCCCCCCCCC/C=C\CCCCCCCCCC. The number of carbonyl (C=O) groups is 3. The van der Waals surface area contributed by atoms with Gasteiger partial charge in [-0.3, -0.25) is 14.4 Å². The van der Waals surface area contributed by atoms with E-state index in [1.807, 2.05) is 0 Å². The van der Waals surface area contributed by atoms with E-state index in [1.54, 1.807) is 0 Å². The van der Waals surface area contributed by atoms with Crippen LogP contribution < -0.4 is 0 Å². The highest BCUT2D eigenvalue weighted by Gasteiger charge is 2.19. The fourth-order valence-corrected chi connectivity index (χ4v) is 9.31. The molecule has 6 heteroatoms. The Morgan fingerprint density at radius 3 is 0.853 bits per heavy atom. The lowest BCUT2D eigenvalue weighted by molar-refractivity contribution is -0.167. The van der Waals surface area contributed by atoms with Gasteiger partial charge in [0, 0.05) is 19.3 Å². The van der Waals surface area contributed by atoms with E-state index < -0.39 is 6.10 Å². The van der Waals surface area contributed by atoms with Crippen LogP contribution in [0.4, 0.5) is 0 Å². The number of rotatable bonds is 59. The highest BCUT2D eigenvalue weighted by atomic mass is 16.6. The third-order valence-electron chi connectivity index (χ3n) is 14.2. The average molecular weight is 1050 g/mol. The number of hydrogen-bond donors (Lipinski definition) is 0. The van der Waals surface area contributed by atoms with Gasteiger partial charge in [0.15, 0.2) is 6.10 Å². The molecule has 0 aliphatic carbocycles. The van der Waals surface area contributed by atoms with Crippen molar-refractivity contribution < 1.29 is 28.6 Å². The van der Waals surface area contributed by atoms with Crippen LogP contribution in [0.3, 0.4) is 0 Å². The number of hydrogen-bond acceptors (Lipinski definition) is 6. The zero-order valence-electron chi connectivity index (χ0n) is 49.8.